The number of thiazole rings is 2. The fourth-order valence-electron chi connectivity index (χ4n) is 6.78. The van der Waals surface area contributed by atoms with Crippen LogP contribution in [0.2, 0.25) is 0 Å². The van der Waals surface area contributed by atoms with E-state index < -0.39 is 12.3 Å². The van der Waals surface area contributed by atoms with Gasteiger partial charge in [0.05, 0.1) is 27.2 Å². The van der Waals surface area contributed by atoms with E-state index in [1.165, 1.54) is 38.6 Å². The fourth-order valence-corrected chi connectivity index (χ4v) is 8.12. The Balaban J connectivity index is 0.000000219. The monoisotopic (exact) mass is 883 g/mol. The van der Waals surface area contributed by atoms with Crippen LogP contribution < -0.4 is 15.8 Å². The van der Waals surface area contributed by atoms with Crippen molar-refractivity contribution in [2.45, 2.75) is 90.4 Å². The molecule has 2 heterocycles. The molecule has 7 rings (SSSR count). The summed E-state index contributed by atoms with van der Waals surface area (Å²) in [5, 5.41) is 18.1. The number of aliphatic hydroxyl groups excluding tert-OH is 1. The van der Waals surface area contributed by atoms with Gasteiger partial charge in [0.25, 0.3) is 0 Å². The van der Waals surface area contributed by atoms with Crippen molar-refractivity contribution < 1.29 is 19.4 Å². The number of nitrogens with two attached hydrogens (primary N) is 1. The lowest BCUT2D eigenvalue weighted by Gasteiger charge is -2.36. The summed E-state index contributed by atoms with van der Waals surface area (Å²) >= 11 is 3.18. The van der Waals surface area contributed by atoms with Crippen LogP contribution in [0.1, 0.15) is 69.6 Å². The minimum Gasteiger partial charge on any atom is -0.428 e. The van der Waals surface area contributed by atoms with E-state index in [4.69, 9.17) is 15.2 Å². The Hall–Kier alpha value is -5.53. The van der Waals surface area contributed by atoms with Crippen molar-refractivity contribution in [1.82, 2.24) is 20.2 Å². The molecule has 0 aliphatic heterocycles. The Morgan fingerprint density at radius 1 is 0.762 bits per heavy atom. The van der Waals surface area contributed by atoms with E-state index in [1.54, 1.807) is 35.2 Å². The van der Waals surface area contributed by atoms with Crippen molar-refractivity contribution in [2.24, 2.45) is 5.73 Å². The highest BCUT2D eigenvalue weighted by Gasteiger charge is 2.28. The van der Waals surface area contributed by atoms with Gasteiger partial charge in [-0.25, -0.2) is 9.78 Å². The van der Waals surface area contributed by atoms with E-state index in [9.17, 15) is 9.90 Å². The minimum atomic E-state index is -0.706. The SMILES string of the molecule is CNCc1csc(C(C)C)n1.Cc1ccc(OC(=O)OCc2cncs2)cc1.N[C@@H](Cc1ccccc1)CC(O)[C@H](Cc1ccccc1)N(Cc1ccccc1)Cc1ccccc1. The minimum absolute atomic E-state index is 0.0698. The van der Waals surface area contributed by atoms with Crippen molar-refractivity contribution >= 4 is 28.8 Å². The van der Waals surface area contributed by atoms with Crippen LogP contribution in [0.3, 0.4) is 0 Å². The Morgan fingerprint density at radius 3 is 1.79 bits per heavy atom. The van der Waals surface area contributed by atoms with Crippen molar-refractivity contribution in [3.8, 4) is 5.75 Å². The van der Waals surface area contributed by atoms with Crippen LogP contribution in [0.4, 0.5) is 4.79 Å². The number of aliphatic hydroxyl groups is 1. The first-order valence-electron chi connectivity index (χ1n) is 21.4. The maximum Gasteiger partial charge on any atom is 0.514 e. The maximum absolute atomic E-state index is 11.6. The lowest BCUT2D eigenvalue weighted by molar-refractivity contribution is 0.0301. The Morgan fingerprint density at radius 2 is 1.30 bits per heavy atom. The third kappa shape index (κ3) is 18.0. The molecule has 0 spiro atoms. The number of hydrogen-bond acceptors (Lipinski definition) is 11. The van der Waals surface area contributed by atoms with E-state index in [0.29, 0.717) is 18.1 Å². The smallest absolute Gasteiger partial charge is 0.428 e. The molecule has 0 amide bonds. The lowest BCUT2D eigenvalue weighted by atomic mass is 9.92. The molecule has 0 saturated heterocycles. The lowest BCUT2D eigenvalue weighted by Crippen LogP contribution is -2.46. The Bertz CT molecular complexity index is 2220. The van der Waals surface area contributed by atoms with Gasteiger partial charge in [-0.2, -0.15) is 0 Å². The molecular weight excluding hydrogens is 823 g/mol. The molecule has 2 aromatic heterocycles. The molecule has 7 aromatic rings. The summed E-state index contributed by atoms with van der Waals surface area (Å²) in [6, 6.07) is 48.8. The van der Waals surface area contributed by atoms with Gasteiger partial charge in [-0.05, 0) is 67.6 Å². The first-order chi connectivity index (χ1) is 30.6. The summed E-state index contributed by atoms with van der Waals surface area (Å²) in [4.78, 5) is 23.0. The molecule has 0 fully saturated rings. The number of carbonyl (C=O) groups is 1. The van der Waals surface area contributed by atoms with Crippen LogP contribution in [-0.4, -0.2) is 51.4 Å². The topological polar surface area (TPSA) is 123 Å². The molecule has 0 radical (unpaired) electrons. The molecule has 9 nitrogen and oxygen atoms in total. The van der Waals surface area contributed by atoms with Gasteiger partial charge in [-0.1, -0.05) is 153 Å². The van der Waals surface area contributed by atoms with Gasteiger partial charge >= 0.3 is 6.16 Å². The molecular formula is C52H61N5O4S2. The second kappa shape index (κ2) is 26.8. The summed E-state index contributed by atoms with van der Waals surface area (Å²) in [5.41, 5.74) is 15.4. The van der Waals surface area contributed by atoms with E-state index >= 15 is 0 Å². The summed E-state index contributed by atoms with van der Waals surface area (Å²) in [6.45, 7) is 8.89. The number of aryl methyl sites for hydroxylation is 1. The van der Waals surface area contributed by atoms with Crippen LogP contribution in [0, 0.1) is 6.92 Å². The zero-order valence-electron chi connectivity index (χ0n) is 36.8. The number of nitrogens with one attached hydrogen (secondary N) is 1. The van der Waals surface area contributed by atoms with Crippen molar-refractivity contribution in [1.29, 1.82) is 0 Å². The zero-order chi connectivity index (χ0) is 44.7. The number of hydrogen-bond donors (Lipinski definition) is 3. The molecule has 1 unspecified atom stereocenters. The largest absolute Gasteiger partial charge is 0.514 e. The average Bonchev–Trinajstić information content (AvgIpc) is 4.01. The Kier molecular flexibility index (Phi) is 20.7. The van der Waals surface area contributed by atoms with E-state index in [0.717, 1.165) is 48.6 Å². The molecule has 0 aliphatic rings. The third-order valence-corrected chi connectivity index (χ3v) is 11.9. The molecule has 5 aromatic carbocycles. The van der Waals surface area contributed by atoms with Crippen molar-refractivity contribution in [2.75, 3.05) is 7.05 Å². The number of ether oxygens (including phenoxy) is 2. The van der Waals surface area contributed by atoms with Crippen LogP contribution >= 0.6 is 22.7 Å². The maximum atomic E-state index is 11.6. The third-order valence-electron chi connectivity index (χ3n) is 10.0. The first-order valence-corrected chi connectivity index (χ1v) is 23.1. The van der Waals surface area contributed by atoms with E-state index in [2.05, 4.69) is 124 Å². The van der Waals surface area contributed by atoms with Crippen LogP contribution in [-0.2, 0) is 43.8 Å². The predicted molar refractivity (Wildman–Crippen MR) is 258 cm³/mol. The summed E-state index contributed by atoms with van der Waals surface area (Å²) < 4.78 is 9.92. The molecule has 63 heavy (non-hydrogen) atoms. The van der Waals surface area contributed by atoms with Gasteiger partial charge < -0.3 is 25.6 Å². The number of carbonyl (C=O) groups excluding carboxylic acids is 1. The van der Waals surface area contributed by atoms with Gasteiger partial charge in [0.2, 0.25) is 0 Å². The first kappa shape index (κ1) is 48.5. The normalized spacial score (nSPS) is 12.3. The van der Waals surface area contributed by atoms with Gasteiger partial charge in [-0.3, -0.25) is 9.88 Å². The van der Waals surface area contributed by atoms with E-state index in [1.807, 2.05) is 62.5 Å². The number of aromatic nitrogens is 2. The molecule has 0 saturated carbocycles. The summed E-state index contributed by atoms with van der Waals surface area (Å²) in [7, 11) is 1.94. The van der Waals surface area contributed by atoms with E-state index in [-0.39, 0.29) is 18.7 Å². The molecule has 11 heteroatoms. The quantitative estimate of drug-likeness (QED) is 0.0571. The highest BCUT2D eigenvalue weighted by molar-refractivity contribution is 7.09. The second-order valence-corrected chi connectivity index (χ2v) is 17.5. The van der Waals surface area contributed by atoms with Crippen molar-refractivity contribution in [3.63, 3.8) is 0 Å². The van der Waals surface area contributed by atoms with Gasteiger partial charge in [-0.15, -0.1) is 22.7 Å². The summed E-state index contributed by atoms with van der Waals surface area (Å²) in [6.07, 6.45) is 2.46. The number of rotatable bonds is 18. The summed E-state index contributed by atoms with van der Waals surface area (Å²) in [5.74, 6) is 1.04. The number of benzene rings is 5. The molecule has 0 bridgehead atoms. The van der Waals surface area contributed by atoms with Gasteiger partial charge in [0.1, 0.15) is 12.4 Å². The van der Waals surface area contributed by atoms with Crippen LogP contribution in [0.25, 0.3) is 0 Å². The molecule has 4 N–H and O–H groups in total. The number of nitrogens with zero attached hydrogens (tertiary/aromatic N) is 3. The Labute approximate surface area is 381 Å². The van der Waals surface area contributed by atoms with Gasteiger partial charge in [0, 0.05) is 49.2 Å². The highest BCUT2D eigenvalue weighted by atomic mass is 32.1. The van der Waals surface area contributed by atoms with Crippen LogP contribution in [0.5, 0.6) is 5.75 Å². The highest BCUT2D eigenvalue weighted by Crippen LogP contribution is 2.23. The second-order valence-electron chi connectivity index (χ2n) is 15.7. The molecule has 330 valence electrons. The van der Waals surface area contributed by atoms with Crippen LogP contribution in [0.15, 0.2) is 163 Å². The van der Waals surface area contributed by atoms with Gasteiger partial charge in [0.15, 0.2) is 0 Å². The average molecular weight is 884 g/mol. The zero-order valence-corrected chi connectivity index (χ0v) is 38.4. The standard InChI is InChI=1S/C32H36N2O.C12H11NO3S.C8H14N2S/c33-30(21-26-13-5-1-6-14-26)23-32(35)31(22-27-15-7-2-8-16-27)34(24-28-17-9-3-10-18-28)25-29-19-11-4-12-20-29;1-9-2-4-10(5-3-9)16-12(14)15-7-11-6-13-8-17-11;1-6(2)8-10-7(4-9-3)5-11-8/h1-20,30-32,35H,21-25,33H2;2-6,8H,7H2,1H3;5-6,9H,4H2,1-3H3/t30-,31-,32?;;/m0../s1. The van der Waals surface area contributed by atoms with Crippen molar-refractivity contribution in [3.05, 3.63) is 206 Å². The predicted octanol–water partition coefficient (Wildman–Crippen LogP) is 10.8. The molecule has 0 aliphatic carbocycles. The fraction of sp³-hybridized carbons (Fsp3) is 0.288. The molecule has 3 atom stereocenters.